The lowest BCUT2D eigenvalue weighted by molar-refractivity contribution is -0.135. The molecule has 5 nitrogen and oxygen atoms in total. The van der Waals surface area contributed by atoms with Crippen molar-refractivity contribution >= 4 is 28.3 Å². The van der Waals surface area contributed by atoms with Crippen LogP contribution in [0.3, 0.4) is 0 Å². The second-order valence-corrected chi connectivity index (χ2v) is 9.70. The highest BCUT2D eigenvalue weighted by atomic mass is 32.1. The maximum Gasteiger partial charge on any atom is 0.245 e. The van der Waals surface area contributed by atoms with E-state index in [9.17, 15) is 9.59 Å². The molecule has 1 N–H and O–H groups in total. The van der Waals surface area contributed by atoms with Crippen LogP contribution in [0.25, 0.3) is 11.3 Å². The number of carbonyl (C=O) groups excluding carboxylic acids is 2. The summed E-state index contributed by atoms with van der Waals surface area (Å²) in [6, 6.07) is 9.85. The van der Waals surface area contributed by atoms with Gasteiger partial charge in [0.1, 0.15) is 0 Å². The number of nitrogens with zero attached hydrogens (tertiary/aromatic N) is 2. The van der Waals surface area contributed by atoms with Gasteiger partial charge in [-0.3, -0.25) is 9.59 Å². The second-order valence-electron chi connectivity index (χ2n) is 8.84. The lowest BCUT2D eigenvalue weighted by Gasteiger charge is -2.26. The number of aromatic nitrogens is 1. The van der Waals surface area contributed by atoms with Crippen molar-refractivity contribution in [3.8, 4) is 11.3 Å². The normalized spacial score (nSPS) is 12.4. The molecule has 0 spiro atoms. The molecule has 1 aromatic carbocycles. The summed E-state index contributed by atoms with van der Waals surface area (Å²) >= 11 is 1.39. The lowest BCUT2D eigenvalue weighted by Crippen LogP contribution is -2.39. The van der Waals surface area contributed by atoms with Gasteiger partial charge in [0.2, 0.25) is 11.8 Å². The zero-order chi connectivity index (χ0) is 21.4. The summed E-state index contributed by atoms with van der Waals surface area (Å²) in [6.45, 7) is 11.3. The molecule has 0 aliphatic rings. The van der Waals surface area contributed by atoms with Crippen molar-refractivity contribution in [3.05, 3.63) is 35.7 Å². The van der Waals surface area contributed by atoms with Crippen molar-refractivity contribution in [2.24, 2.45) is 11.3 Å². The van der Waals surface area contributed by atoms with Gasteiger partial charge in [0, 0.05) is 23.9 Å². The van der Waals surface area contributed by atoms with E-state index in [-0.39, 0.29) is 29.7 Å². The smallest absolute Gasteiger partial charge is 0.245 e. The van der Waals surface area contributed by atoms with Crippen LogP contribution < -0.4 is 5.32 Å². The molecule has 0 saturated carbocycles. The molecule has 158 valence electrons. The number of benzene rings is 1. The Kier molecular flexibility index (Phi) is 8.38. The van der Waals surface area contributed by atoms with E-state index in [1.54, 1.807) is 4.90 Å². The molecule has 1 aromatic heterocycles. The van der Waals surface area contributed by atoms with Crippen LogP contribution in [0.5, 0.6) is 0 Å². The van der Waals surface area contributed by atoms with Gasteiger partial charge in [0.05, 0.1) is 12.2 Å². The largest absolute Gasteiger partial charge is 0.333 e. The summed E-state index contributed by atoms with van der Waals surface area (Å²) in [5.41, 5.74) is 2.04. The summed E-state index contributed by atoms with van der Waals surface area (Å²) in [5.74, 6) is 0.129. The average molecular weight is 416 g/mol. The van der Waals surface area contributed by atoms with Crippen LogP contribution in [0.4, 0.5) is 5.13 Å². The lowest BCUT2D eigenvalue weighted by atomic mass is 9.84. The highest BCUT2D eigenvalue weighted by Crippen LogP contribution is 2.27. The van der Waals surface area contributed by atoms with Crippen molar-refractivity contribution in [3.63, 3.8) is 0 Å². The monoisotopic (exact) mass is 415 g/mol. The molecule has 29 heavy (non-hydrogen) atoms. The Bertz CT molecular complexity index is 796. The Morgan fingerprint density at radius 1 is 1.21 bits per heavy atom. The number of hydrogen-bond donors (Lipinski definition) is 1. The van der Waals surface area contributed by atoms with Crippen molar-refractivity contribution in [2.75, 3.05) is 18.4 Å². The van der Waals surface area contributed by atoms with Gasteiger partial charge in [-0.25, -0.2) is 4.98 Å². The molecule has 1 heterocycles. The van der Waals surface area contributed by atoms with Crippen molar-refractivity contribution in [1.29, 1.82) is 0 Å². The molecule has 0 bridgehead atoms. The molecule has 2 amide bonds. The first kappa shape index (κ1) is 23.1. The van der Waals surface area contributed by atoms with E-state index in [1.165, 1.54) is 11.3 Å². The van der Waals surface area contributed by atoms with Gasteiger partial charge in [-0.05, 0) is 24.2 Å². The standard InChI is InChI=1S/C23H33N3O2S/c1-6-12-26(21(28)13-17(2)14-23(3,4)5)15-20(27)25-22-24-19(16-29-22)18-10-8-7-9-11-18/h7-11,16-17H,6,12-15H2,1-5H3,(H,24,25,27)/t17-/m0/s1. The van der Waals surface area contributed by atoms with Crippen LogP contribution in [0.1, 0.15) is 53.9 Å². The zero-order valence-electron chi connectivity index (χ0n) is 18.2. The van der Waals surface area contributed by atoms with Crippen molar-refractivity contribution in [1.82, 2.24) is 9.88 Å². The molecular formula is C23H33N3O2S. The predicted molar refractivity (Wildman–Crippen MR) is 121 cm³/mol. The number of thiazole rings is 1. The molecule has 2 aromatic rings. The molecular weight excluding hydrogens is 382 g/mol. The van der Waals surface area contributed by atoms with Crippen LogP contribution in [0.2, 0.25) is 0 Å². The van der Waals surface area contributed by atoms with E-state index < -0.39 is 0 Å². The highest BCUT2D eigenvalue weighted by Gasteiger charge is 2.22. The summed E-state index contributed by atoms with van der Waals surface area (Å²) in [7, 11) is 0. The van der Waals surface area contributed by atoms with Crippen molar-refractivity contribution in [2.45, 2.75) is 53.9 Å². The minimum Gasteiger partial charge on any atom is -0.333 e. The molecule has 2 rings (SSSR count). The Morgan fingerprint density at radius 2 is 1.90 bits per heavy atom. The summed E-state index contributed by atoms with van der Waals surface area (Å²) in [5, 5.41) is 5.32. The Labute approximate surface area is 178 Å². The second kappa shape index (κ2) is 10.5. The molecule has 0 unspecified atom stereocenters. The Balaban J connectivity index is 1.93. The first-order chi connectivity index (χ1) is 13.7. The molecule has 0 radical (unpaired) electrons. The van der Waals surface area contributed by atoms with E-state index in [0.29, 0.717) is 18.1 Å². The quantitative estimate of drug-likeness (QED) is 0.592. The third-order valence-corrected chi connectivity index (χ3v) is 5.24. The molecule has 0 fully saturated rings. The van der Waals surface area contributed by atoms with Gasteiger partial charge in [-0.2, -0.15) is 0 Å². The Morgan fingerprint density at radius 3 is 2.52 bits per heavy atom. The van der Waals surface area contributed by atoms with Gasteiger partial charge in [0.25, 0.3) is 0 Å². The van der Waals surface area contributed by atoms with Crippen LogP contribution in [0, 0.1) is 11.3 Å². The zero-order valence-corrected chi connectivity index (χ0v) is 19.0. The highest BCUT2D eigenvalue weighted by molar-refractivity contribution is 7.14. The summed E-state index contributed by atoms with van der Waals surface area (Å²) in [4.78, 5) is 31.4. The predicted octanol–water partition coefficient (Wildman–Crippen LogP) is 5.45. The molecule has 1 atom stereocenters. The Hall–Kier alpha value is -2.21. The number of amides is 2. The van der Waals surface area contributed by atoms with Crippen LogP contribution in [0.15, 0.2) is 35.7 Å². The molecule has 0 aliphatic carbocycles. The van der Waals surface area contributed by atoms with Gasteiger partial charge in [-0.15, -0.1) is 11.3 Å². The number of hydrogen-bond acceptors (Lipinski definition) is 4. The summed E-state index contributed by atoms with van der Waals surface area (Å²) in [6.07, 6.45) is 2.27. The summed E-state index contributed by atoms with van der Waals surface area (Å²) < 4.78 is 0. The fourth-order valence-electron chi connectivity index (χ4n) is 3.51. The number of nitrogens with one attached hydrogen (secondary N) is 1. The van der Waals surface area contributed by atoms with E-state index in [0.717, 1.165) is 24.1 Å². The van der Waals surface area contributed by atoms with E-state index in [4.69, 9.17) is 0 Å². The number of carbonyl (C=O) groups is 2. The maximum atomic E-state index is 12.7. The van der Waals surface area contributed by atoms with E-state index in [1.807, 2.05) is 42.6 Å². The minimum atomic E-state index is -0.204. The van der Waals surface area contributed by atoms with E-state index in [2.05, 4.69) is 38.0 Å². The molecule has 0 aliphatic heterocycles. The van der Waals surface area contributed by atoms with Gasteiger partial charge in [-0.1, -0.05) is 65.0 Å². The average Bonchev–Trinajstić information content (AvgIpc) is 3.08. The molecule has 0 saturated heterocycles. The third-order valence-electron chi connectivity index (χ3n) is 4.48. The van der Waals surface area contributed by atoms with Gasteiger partial charge >= 0.3 is 0 Å². The fourth-order valence-corrected chi connectivity index (χ4v) is 4.25. The SMILES string of the molecule is CCCN(CC(=O)Nc1nc(-c2ccccc2)cs1)C(=O)C[C@H](C)CC(C)(C)C. The topological polar surface area (TPSA) is 62.3 Å². The number of rotatable bonds is 9. The first-order valence-electron chi connectivity index (χ1n) is 10.3. The fraction of sp³-hybridized carbons (Fsp3) is 0.522. The van der Waals surface area contributed by atoms with Crippen molar-refractivity contribution < 1.29 is 9.59 Å². The van der Waals surface area contributed by atoms with Gasteiger partial charge in [0.15, 0.2) is 5.13 Å². The van der Waals surface area contributed by atoms with Gasteiger partial charge < -0.3 is 10.2 Å². The maximum absolute atomic E-state index is 12.7. The third kappa shape index (κ3) is 7.97. The number of anilines is 1. The van der Waals surface area contributed by atoms with Crippen LogP contribution in [-0.2, 0) is 9.59 Å². The van der Waals surface area contributed by atoms with E-state index >= 15 is 0 Å². The van der Waals surface area contributed by atoms with Crippen LogP contribution >= 0.6 is 11.3 Å². The van der Waals surface area contributed by atoms with Crippen LogP contribution in [-0.4, -0.2) is 34.8 Å². The first-order valence-corrected chi connectivity index (χ1v) is 11.1. The molecule has 6 heteroatoms. The minimum absolute atomic E-state index is 0.0443.